The highest BCUT2D eigenvalue weighted by molar-refractivity contribution is 5.97. The summed E-state index contributed by atoms with van der Waals surface area (Å²) in [6.45, 7) is 5.99. The summed E-state index contributed by atoms with van der Waals surface area (Å²) in [5.41, 5.74) is 4.13. The Morgan fingerprint density at radius 3 is 2.40 bits per heavy atom. The van der Waals surface area contributed by atoms with Gasteiger partial charge in [0.05, 0.1) is 13.0 Å². The highest BCUT2D eigenvalue weighted by Crippen LogP contribution is 2.26. The summed E-state index contributed by atoms with van der Waals surface area (Å²) in [7, 11) is 1.66. The van der Waals surface area contributed by atoms with Crippen molar-refractivity contribution in [1.82, 2.24) is 0 Å². The molecule has 0 unspecified atom stereocenters. The molecule has 1 atom stereocenters. The van der Waals surface area contributed by atoms with E-state index in [0.717, 1.165) is 33.3 Å². The third-order valence-corrected chi connectivity index (χ3v) is 4.60. The molecule has 3 aromatic rings. The maximum Gasteiger partial charge on any atom is 0.231 e. The van der Waals surface area contributed by atoms with Crippen molar-refractivity contribution in [3.63, 3.8) is 0 Å². The lowest BCUT2D eigenvalue weighted by molar-refractivity contribution is -0.117. The van der Waals surface area contributed by atoms with E-state index in [1.165, 1.54) is 5.56 Å². The molecule has 1 N–H and O–H groups in total. The summed E-state index contributed by atoms with van der Waals surface area (Å²) in [6, 6.07) is 18.1. The smallest absolute Gasteiger partial charge is 0.231 e. The first-order valence-corrected chi connectivity index (χ1v) is 8.44. The van der Waals surface area contributed by atoms with Crippen LogP contribution in [-0.4, -0.2) is 13.0 Å². The molecular formula is C22H23NO2. The zero-order valence-corrected chi connectivity index (χ0v) is 15.1. The number of hydrogen-bond donors (Lipinski definition) is 1. The van der Waals surface area contributed by atoms with Crippen molar-refractivity contribution < 1.29 is 9.53 Å². The van der Waals surface area contributed by atoms with E-state index >= 15 is 0 Å². The van der Waals surface area contributed by atoms with Crippen molar-refractivity contribution in [3.8, 4) is 5.75 Å². The van der Waals surface area contributed by atoms with Crippen molar-refractivity contribution >= 4 is 22.4 Å². The minimum absolute atomic E-state index is 0.000172. The Morgan fingerprint density at radius 1 is 0.960 bits per heavy atom. The van der Waals surface area contributed by atoms with Gasteiger partial charge in [0.25, 0.3) is 0 Å². The molecule has 3 nitrogen and oxygen atoms in total. The molecule has 0 aliphatic carbocycles. The number of aryl methyl sites for hydroxylation is 2. The number of carbonyl (C=O) groups is 1. The zero-order chi connectivity index (χ0) is 18.0. The summed E-state index contributed by atoms with van der Waals surface area (Å²) >= 11 is 0. The van der Waals surface area contributed by atoms with E-state index in [4.69, 9.17) is 4.74 Å². The van der Waals surface area contributed by atoms with Gasteiger partial charge < -0.3 is 10.1 Å². The van der Waals surface area contributed by atoms with Crippen molar-refractivity contribution in [2.24, 2.45) is 0 Å². The number of rotatable bonds is 4. The second-order valence-electron chi connectivity index (χ2n) is 6.50. The molecule has 25 heavy (non-hydrogen) atoms. The number of nitrogens with one attached hydrogen (secondary N) is 1. The fourth-order valence-electron chi connectivity index (χ4n) is 2.98. The van der Waals surface area contributed by atoms with Gasteiger partial charge in [0.2, 0.25) is 5.91 Å². The Hall–Kier alpha value is -2.81. The lowest BCUT2D eigenvalue weighted by Gasteiger charge is -2.15. The molecule has 128 valence electrons. The van der Waals surface area contributed by atoms with Gasteiger partial charge in [0, 0.05) is 5.69 Å². The largest absolute Gasteiger partial charge is 0.497 e. The first kappa shape index (κ1) is 17.0. The Morgan fingerprint density at radius 2 is 1.68 bits per heavy atom. The Labute approximate surface area is 148 Å². The molecule has 1 amide bonds. The van der Waals surface area contributed by atoms with Gasteiger partial charge in [-0.3, -0.25) is 4.79 Å². The number of amides is 1. The quantitative estimate of drug-likeness (QED) is 0.712. The number of anilines is 1. The molecule has 0 radical (unpaired) electrons. The molecule has 0 bridgehead atoms. The number of methoxy groups -OCH3 is 1. The Bertz CT molecular complexity index is 930. The molecule has 0 aliphatic rings. The van der Waals surface area contributed by atoms with Crippen molar-refractivity contribution in [2.45, 2.75) is 26.7 Å². The van der Waals surface area contributed by atoms with Gasteiger partial charge in [0.15, 0.2) is 0 Å². The molecule has 0 fully saturated rings. The lowest BCUT2D eigenvalue weighted by atomic mass is 9.96. The molecule has 0 saturated carbocycles. The molecule has 3 heteroatoms. The van der Waals surface area contributed by atoms with E-state index in [9.17, 15) is 4.79 Å². The molecule has 3 aromatic carbocycles. The summed E-state index contributed by atoms with van der Waals surface area (Å²) in [4.78, 5) is 12.7. The van der Waals surface area contributed by atoms with Crippen molar-refractivity contribution in [3.05, 3.63) is 71.3 Å². The molecule has 0 heterocycles. The van der Waals surface area contributed by atoms with Crippen LogP contribution in [0.3, 0.4) is 0 Å². The summed E-state index contributed by atoms with van der Waals surface area (Å²) in [6.07, 6.45) is 0. The maximum atomic E-state index is 12.7. The minimum atomic E-state index is -0.229. The average Bonchev–Trinajstić information content (AvgIpc) is 2.62. The molecule has 0 saturated heterocycles. The topological polar surface area (TPSA) is 38.3 Å². The van der Waals surface area contributed by atoms with E-state index in [1.54, 1.807) is 7.11 Å². The lowest BCUT2D eigenvalue weighted by Crippen LogP contribution is -2.19. The number of hydrogen-bond acceptors (Lipinski definition) is 2. The van der Waals surface area contributed by atoms with Gasteiger partial charge in [-0.2, -0.15) is 0 Å². The van der Waals surface area contributed by atoms with E-state index in [1.807, 2.05) is 63.2 Å². The van der Waals surface area contributed by atoms with E-state index < -0.39 is 0 Å². The Kier molecular flexibility index (Phi) is 4.75. The van der Waals surface area contributed by atoms with Crippen LogP contribution in [0.25, 0.3) is 10.8 Å². The van der Waals surface area contributed by atoms with Crippen molar-refractivity contribution in [2.75, 3.05) is 12.4 Å². The normalized spacial score (nSPS) is 12.0. The van der Waals surface area contributed by atoms with E-state index in [-0.39, 0.29) is 11.8 Å². The van der Waals surface area contributed by atoms with Crippen LogP contribution in [0.4, 0.5) is 5.69 Å². The van der Waals surface area contributed by atoms with Gasteiger partial charge in [-0.25, -0.2) is 0 Å². The van der Waals surface area contributed by atoms with Crippen LogP contribution >= 0.6 is 0 Å². The summed E-state index contributed by atoms with van der Waals surface area (Å²) in [5.74, 6) is 0.605. The second kappa shape index (κ2) is 6.98. The van der Waals surface area contributed by atoms with Crippen LogP contribution in [0.2, 0.25) is 0 Å². The fraction of sp³-hybridized carbons (Fsp3) is 0.227. The number of carbonyl (C=O) groups excluding carboxylic acids is 1. The van der Waals surface area contributed by atoms with Gasteiger partial charge in [0.1, 0.15) is 5.75 Å². The van der Waals surface area contributed by atoms with E-state index in [0.29, 0.717) is 0 Å². The third-order valence-electron chi connectivity index (χ3n) is 4.60. The molecule has 0 aliphatic heterocycles. The molecule has 3 rings (SSSR count). The summed E-state index contributed by atoms with van der Waals surface area (Å²) in [5, 5.41) is 5.25. The monoisotopic (exact) mass is 333 g/mol. The van der Waals surface area contributed by atoms with Gasteiger partial charge in [-0.15, -0.1) is 0 Å². The molecule has 0 spiro atoms. The van der Waals surface area contributed by atoms with Crippen LogP contribution in [-0.2, 0) is 4.79 Å². The SMILES string of the molecule is COc1ccc2cc([C@H](C)C(=O)Nc3ccc(C)cc3C)ccc2c1. The first-order valence-electron chi connectivity index (χ1n) is 8.44. The average molecular weight is 333 g/mol. The van der Waals surface area contributed by atoms with Crippen molar-refractivity contribution in [1.29, 1.82) is 0 Å². The van der Waals surface area contributed by atoms with E-state index in [2.05, 4.69) is 17.4 Å². The highest BCUT2D eigenvalue weighted by atomic mass is 16.5. The Balaban J connectivity index is 1.82. The summed E-state index contributed by atoms with van der Waals surface area (Å²) < 4.78 is 5.26. The second-order valence-corrected chi connectivity index (χ2v) is 6.50. The predicted octanol–water partition coefficient (Wildman–Crippen LogP) is 5.21. The number of ether oxygens (including phenoxy) is 1. The number of benzene rings is 3. The minimum Gasteiger partial charge on any atom is -0.497 e. The van der Waals surface area contributed by atoms with Crippen LogP contribution in [0, 0.1) is 13.8 Å². The number of fused-ring (bicyclic) bond motifs is 1. The fourth-order valence-corrected chi connectivity index (χ4v) is 2.98. The first-order chi connectivity index (χ1) is 12.0. The van der Waals surface area contributed by atoms with Crippen LogP contribution in [0.1, 0.15) is 29.5 Å². The zero-order valence-electron chi connectivity index (χ0n) is 15.1. The highest BCUT2D eigenvalue weighted by Gasteiger charge is 2.16. The predicted molar refractivity (Wildman–Crippen MR) is 103 cm³/mol. The van der Waals surface area contributed by atoms with Gasteiger partial charge in [-0.05, 0) is 60.9 Å². The molecule has 0 aromatic heterocycles. The van der Waals surface area contributed by atoms with Gasteiger partial charge in [-0.1, -0.05) is 42.0 Å². The van der Waals surface area contributed by atoms with Crippen LogP contribution in [0.5, 0.6) is 5.75 Å². The van der Waals surface area contributed by atoms with Crippen LogP contribution < -0.4 is 10.1 Å². The van der Waals surface area contributed by atoms with Crippen LogP contribution in [0.15, 0.2) is 54.6 Å². The molecular weight excluding hydrogens is 310 g/mol. The standard InChI is InChI=1S/C22H23NO2/c1-14-5-10-21(15(2)11-14)23-22(24)16(3)17-6-7-19-13-20(25-4)9-8-18(19)12-17/h5-13,16H,1-4H3,(H,23,24)/t16-/m0/s1. The van der Waals surface area contributed by atoms with Gasteiger partial charge >= 0.3 is 0 Å². The third kappa shape index (κ3) is 3.66. The maximum absolute atomic E-state index is 12.7.